The lowest BCUT2D eigenvalue weighted by molar-refractivity contribution is 0.0990. The number of carbonyl (C=O) groups excluding carboxylic acids is 2. The molecule has 178 valence electrons. The van der Waals surface area contributed by atoms with Crippen LogP contribution in [0.2, 0.25) is 0 Å². The maximum absolute atomic E-state index is 12.7. The number of aryl methyl sites for hydroxylation is 1. The van der Waals surface area contributed by atoms with Crippen LogP contribution in [0.25, 0.3) is 0 Å². The van der Waals surface area contributed by atoms with Gasteiger partial charge in [0, 0.05) is 30.2 Å². The van der Waals surface area contributed by atoms with Crippen molar-refractivity contribution >= 4 is 23.2 Å². The Morgan fingerprint density at radius 1 is 0.971 bits per heavy atom. The van der Waals surface area contributed by atoms with Crippen molar-refractivity contribution in [3.63, 3.8) is 0 Å². The minimum atomic E-state index is -0.424. The molecule has 0 fully saturated rings. The molecule has 0 unspecified atom stereocenters. The molecule has 0 spiro atoms. The van der Waals surface area contributed by atoms with Gasteiger partial charge in [0.05, 0.1) is 0 Å². The summed E-state index contributed by atoms with van der Waals surface area (Å²) in [6.45, 7) is 2.82. The average Bonchev–Trinajstić information content (AvgIpc) is 3.63. The van der Waals surface area contributed by atoms with Gasteiger partial charge in [-0.3, -0.25) is 14.3 Å². The number of rotatable bonds is 8. The number of aromatic nitrogens is 2. The van der Waals surface area contributed by atoms with Gasteiger partial charge in [0.2, 0.25) is 6.79 Å². The highest BCUT2D eigenvalue weighted by Crippen LogP contribution is 2.35. The zero-order chi connectivity index (χ0) is 24.2. The van der Waals surface area contributed by atoms with Crippen molar-refractivity contribution < 1.29 is 28.2 Å². The Hall–Kier alpha value is -4.73. The van der Waals surface area contributed by atoms with Crippen LogP contribution in [0.15, 0.2) is 71.3 Å². The third-order valence-corrected chi connectivity index (χ3v) is 5.24. The lowest BCUT2D eigenvalue weighted by Gasteiger charge is -2.09. The summed E-state index contributed by atoms with van der Waals surface area (Å²) in [5.41, 5.74) is 1.49. The number of hydrogen-bond donors (Lipinski definition) is 2. The summed E-state index contributed by atoms with van der Waals surface area (Å²) in [5, 5.41) is 9.69. The second-order valence-electron chi connectivity index (χ2n) is 7.59. The second kappa shape index (κ2) is 9.64. The third kappa shape index (κ3) is 4.96. The summed E-state index contributed by atoms with van der Waals surface area (Å²) >= 11 is 0. The Labute approximate surface area is 200 Å². The summed E-state index contributed by atoms with van der Waals surface area (Å²) in [5.74, 6) is 1.80. The molecule has 2 N–H and O–H groups in total. The van der Waals surface area contributed by atoms with Crippen LogP contribution in [-0.2, 0) is 13.2 Å². The monoisotopic (exact) mass is 474 g/mol. The van der Waals surface area contributed by atoms with Crippen molar-refractivity contribution in [3.05, 3.63) is 84.1 Å². The highest BCUT2D eigenvalue weighted by atomic mass is 16.7. The first kappa shape index (κ1) is 22.1. The van der Waals surface area contributed by atoms with Crippen molar-refractivity contribution in [1.82, 2.24) is 9.78 Å². The largest absolute Gasteiger partial charge is 0.486 e. The van der Waals surface area contributed by atoms with Crippen LogP contribution in [-0.4, -0.2) is 28.4 Å². The number of ether oxygens (including phenoxy) is 3. The molecule has 2 aromatic heterocycles. The van der Waals surface area contributed by atoms with Crippen LogP contribution in [0.3, 0.4) is 0 Å². The minimum absolute atomic E-state index is 0.135. The standard InChI is InChI=1S/C25H22N4O6/c1-2-29-20(10-11-26-29)24(30)27-16-4-3-5-17(12-16)28-25(31)22-9-7-19(35-22)14-32-18-6-8-21-23(13-18)34-15-33-21/h3-13H,2,14-15H2,1H3,(H,27,30)(H,28,31). The van der Waals surface area contributed by atoms with Crippen LogP contribution < -0.4 is 24.8 Å². The first-order valence-corrected chi connectivity index (χ1v) is 10.9. The maximum Gasteiger partial charge on any atom is 0.291 e. The van der Waals surface area contributed by atoms with Gasteiger partial charge in [-0.05, 0) is 55.5 Å². The summed E-state index contributed by atoms with van der Waals surface area (Å²) < 4.78 is 23.6. The third-order valence-electron chi connectivity index (χ3n) is 5.24. The molecule has 1 aliphatic heterocycles. The number of hydrogen-bond acceptors (Lipinski definition) is 7. The molecule has 0 bridgehead atoms. The molecule has 3 heterocycles. The van der Waals surface area contributed by atoms with E-state index in [0.717, 1.165) is 0 Å². The first-order chi connectivity index (χ1) is 17.1. The van der Waals surface area contributed by atoms with Gasteiger partial charge in [-0.2, -0.15) is 5.10 Å². The van der Waals surface area contributed by atoms with Crippen molar-refractivity contribution in [2.45, 2.75) is 20.1 Å². The fourth-order valence-corrected chi connectivity index (χ4v) is 3.54. The van der Waals surface area contributed by atoms with Gasteiger partial charge < -0.3 is 29.3 Å². The van der Waals surface area contributed by atoms with Crippen molar-refractivity contribution in [2.24, 2.45) is 0 Å². The summed E-state index contributed by atoms with van der Waals surface area (Å²) in [6.07, 6.45) is 1.58. The second-order valence-corrected chi connectivity index (χ2v) is 7.59. The van der Waals surface area contributed by atoms with E-state index in [1.54, 1.807) is 71.5 Å². The van der Waals surface area contributed by atoms with Gasteiger partial charge >= 0.3 is 0 Å². The lowest BCUT2D eigenvalue weighted by atomic mass is 10.2. The molecule has 1 aliphatic rings. The predicted molar refractivity (Wildman–Crippen MR) is 126 cm³/mol. The summed E-state index contributed by atoms with van der Waals surface area (Å²) in [7, 11) is 0. The van der Waals surface area contributed by atoms with E-state index >= 15 is 0 Å². The van der Waals surface area contributed by atoms with Gasteiger partial charge in [-0.15, -0.1) is 0 Å². The minimum Gasteiger partial charge on any atom is -0.486 e. The summed E-state index contributed by atoms with van der Waals surface area (Å²) in [6, 6.07) is 17.0. The van der Waals surface area contributed by atoms with E-state index in [4.69, 9.17) is 18.6 Å². The van der Waals surface area contributed by atoms with Crippen LogP contribution in [0.1, 0.15) is 33.7 Å². The van der Waals surface area contributed by atoms with E-state index in [1.807, 2.05) is 6.92 Å². The van der Waals surface area contributed by atoms with Gasteiger partial charge in [0.15, 0.2) is 17.3 Å². The number of anilines is 2. The van der Waals surface area contributed by atoms with E-state index in [-0.39, 0.29) is 25.1 Å². The Balaban J connectivity index is 1.18. The average molecular weight is 474 g/mol. The van der Waals surface area contributed by atoms with Crippen LogP contribution in [0.5, 0.6) is 17.2 Å². The van der Waals surface area contributed by atoms with Gasteiger partial charge in [-0.25, -0.2) is 0 Å². The SMILES string of the molecule is CCn1nccc1C(=O)Nc1cccc(NC(=O)c2ccc(COc3ccc4c(c3)OCO4)o2)c1. The molecular formula is C25H22N4O6. The molecule has 0 saturated heterocycles. The Morgan fingerprint density at radius 3 is 2.60 bits per heavy atom. The van der Waals surface area contributed by atoms with Gasteiger partial charge in [-0.1, -0.05) is 6.07 Å². The molecule has 0 radical (unpaired) electrons. The maximum atomic E-state index is 12.7. The number of nitrogens with zero attached hydrogens (tertiary/aromatic N) is 2. The fraction of sp³-hybridized carbons (Fsp3) is 0.160. The van der Waals surface area contributed by atoms with E-state index in [9.17, 15) is 9.59 Å². The molecular weight excluding hydrogens is 452 g/mol. The molecule has 10 nitrogen and oxygen atoms in total. The normalized spacial score (nSPS) is 11.8. The molecule has 2 amide bonds. The number of carbonyl (C=O) groups is 2. The summed E-state index contributed by atoms with van der Waals surface area (Å²) in [4.78, 5) is 25.2. The van der Waals surface area contributed by atoms with Crippen LogP contribution in [0, 0.1) is 0 Å². The highest BCUT2D eigenvalue weighted by Gasteiger charge is 2.16. The molecule has 2 aromatic carbocycles. The number of nitrogens with one attached hydrogen (secondary N) is 2. The number of furan rings is 1. The Kier molecular flexibility index (Phi) is 6.08. The van der Waals surface area contributed by atoms with Crippen molar-refractivity contribution in [3.8, 4) is 17.2 Å². The highest BCUT2D eigenvalue weighted by molar-refractivity contribution is 6.05. The smallest absolute Gasteiger partial charge is 0.291 e. The van der Waals surface area contributed by atoms with E-state index in [0.29, 0.717) is 46.6 Å². The molecule has 0 aliphatic carbocycles. The first-order valence-electron chi connectivity index (χ1n) is 10.9. The molecule has 10 heteroatoms. The zero-order valence-corrected chi connectivity index (χ0v) is 18.8. The molecule has 0 atom stereocenters. The van der Waals surface area contributed by atoms with E-state index in [1.165, 1.54) is 0 Å². The fourth-order valence-electron chi connectivity index (χ4n) is 3.54. The quantitative estimate of drug-likeness (QED) is 0.391. The molecule has 4 aromatic rings. The predicted octanol–water partition coefficient (Wildman–Crippen LogP) is 4.31. The van der Waals surface area contributed by atoms with Crippen molar-refractivity contribution in [2.75, 3.05) is 17.4 Å². The van der Waals surface area contributed by atoms with Crippen LogP contribution >= 0.6 is 0 Å². The molecule has 35 heavy (non-hydrogen) atoms. The number of benzene rings is 2. The van der Waals surface area contributed by atoms with Gasteiger partial charge in [0.25, 0.3) is 11.8 Å². The number of amides is 2. The Morgan fingerprint density at radius 2 is 1.77 bits per heavy atom. The Bertz CT molecular complexity index is 1380. The number of fused-ring (bicyclic) bond motifs is 1. The molecule has 0 saturated carbocycles. The molecule has 5 rings (SSSR count). The van der Waals surface area contributed by atoms with Crippen molar-refractivity contribution in [1.29, 1.82) is 0 Å². The van der Waals surface area contributed by atoms with E-state index in [2.05, 4.69) is 15.7 Å². The zero-order valence-electron chi connectivity index (χ0n) is 18.8. The van der Waals surface area contributed by atoms with Crippen LogP contribution in [0.4, 0.5) is 11.4 Å². The topological polar surface area (TPSA) is 117 Å². The van der Waals surface area contributed by atoms with E-state index < -0.39 is 5.91 Å². The lowest BCUT2D eigenvalue weighted by Crippen LogP contribution is -2.17. The van der Waals surface area contributed by atoms with Gasteiger partial charge in [0.1, 0.15) is 23.8 Å².